The van der Waals surface area contributed by atoms with Crippen molar-refractivity contribution in [1.82, 2.24) is 14.9 Å². The lowest BCUT2D eigenvalue weighted by atomic mass is 10.0. The number of ether oxygens (including phenoxy) is 2. The van der Waals surface area contributed by atoms with Crippen LogP contribution in [0.15, 0.2) is 18.6 Å². The van der Waals surface area contributed by atoms with E-state index in [-0.39, 0.29) is 25.4 Å². The molecule has 0 radical (unpaired) electrons. The van der Waals surface area contributed by atoms with Crippen LogP contribution in [0.25, 0.3) is 0 Å². The molecular weight excluding hydrogens is 370 g/mol. The average molecular weight is 399 g/mol. The van der Waals surface area contributed by atoms with Crippen LogP contribution in [-0.4, -0.2) is 105 Å². The maximum atomic E-state index is 12.7. The predicted molar refractivity (Wildman–Crippen MR) is 97.5 cm³/mol. The van der Waals surface area contributed by atoms with Crippen LogP contribution < -0.4 is 0 Å². The third-order valence-corrected chi connectivity index (χ3v) is 4.48. The van der Waals surface area contributed by atoms with Crippen molar-refractivity contribution in [3.63, 3.8) is 0 Å². The van der Waals surface area contributed by atoms with Gasteiger partial charge in [0.15, 0.2) is 0 Å². The van der Waals surface area contributed by atoms with Crippen molar-refractivity contribution in [3.05, 3.63) is 24.3 Å². The highest BCUT2D eigenvalue weighted by atomic mass is 16.5. The second kappa shape index (κ2) is 12.0. The summed E-state index contributed by atoms with van der Waals surface area (Å²) in [6.45, 7) is 0.675. The fourth-order valence-corrected chi connectivity index (χ4v) is 2.93. The molecular formula is C18H29N3O7. The molecule has 0 aliphatic carbocycles. The minimum atomic E-state index is -1.49. The standard InChI is InChI=1S/C18H29N3O7/c22-12-15(24)17-16(25)14(23)11-21(18(26)13-10-19-4-5-20-13)6-3-8-27-7-1-2-9-28-17/h4-5,10,14-17,22-25H,1-3,6-9,11-12H2/t14-,15-,16-,17-/m1/s1. The number of hydrogen-bond donors (Lipinski definition) is 4. The zero-order valence-corrected chi connectivity index (χ0v) is 15.8. The molecule has 4 atom stereocenters. The summed E-state index contributed by atoms with van der Waals surface area (Å²) in [6.07, 6.45) is 0.668. The molecule has 1 fully saturated rings. The maximum Gasteiger partial charge on any atom is 0.274 e. The Morgan fingerprint density at radius 2 is 1.96 bits per heavy atom. The van der Waals surface area contributed by atoms with Gasteiger partial charge in [0.2, 0.25) is 0 Å². The summed E-state index contributed by atoms with van der Waals surface area (Å²) in [5, 5.41) is 40.2. The Kier molecular flexibility index (Phi) is 9.68. The Bertz CT molecular complexity index is 578. The van der Waals surface area contributed by atoms with E-state index in [0.29, 0.717) is 26.1 Å². The van der Waals surface area contributed by atoms with E-state index in [1.165, 1.54) is 23.5 Å². The zero-order valence-electron chi connectivity index (χ0n) is 15.8. The molecule has 1 aliphatic heterocycles. The Hall–Kier alpha value is -1.69. The lowest BCUT2D eigenvalue weighted by Gasteiger charge is -2.33. The van der Waals surface area contributed by atoms with E-state index in [2.05, 4.69) is 9.97 Å². The van der Waals surface area contributed by atoms with Gasteiger partial charge in [0, 0.05) is 45.3 Å². The molecule has 0 bridgehead atoms. The second-order valence-electron chi connectivity index (χ2n) is 6.66. The third-order valence-electron chi connectivity index (χ3n) is 4.48. The molecule has 0 spiro atoms. The number of carbonyl (C=O) groups excluding carboxylic acids is 1. The van der Waals surface area contributed by atoms with Gasteiger partial charge in [-0.3, -0.25) is 9.78 Å². The van der Waals surface area contributed by atoms with E-state index in [0.717, 1.165) is 6.42 Å². The van der Waals surface area contributed by atoms with Crippen molar-refractivity contribution in [3.8, 4) is 0 Å². The van der Waals surface area contributed by atoms with Crippen LogP contribution in [-0.2, 0) is 9.47 Å². The molecule has 10 nitrogen and oxygen atoms in total. The van der Waals surface area contributed by atoms with Crippen LogP contribution in [0.3, 0.4) is 0 Å². The van der Waals surface area contributed by atoms with Crippen molar-refractivity contribution in [2.24, 2.45) is 0 Å². The summed E-state index contributed by atoms with van der Waals surface area (Å²) in [5.74, 6) is -0.438. The van der Waals surface area contributed by atoms with Gasteiger partial charge < -0.3 is 34.8 Å². The van der Waals surface area contributed by atoms with Gasteiger partial charge >= 0.3 is 0 Å². The van der Waals surface area contributed by atoms with E-state index in [1.807, 2.05) is 0 Å². The first kappa shape index (κ1) is 22.6. The van der Waals surface area contributed by atoms with Gasteiger partial charge in [-0.2, -0.15) is 0 Å². The van der Waals surface area contributed by atoms with E-state index in [4.69, 9.17) is 9.47 Å². The topological polar surface area (TPSA) is 145 Å². The van der Waals surface area contributed by atoms with Gasteiger partial charge in [-0.1, -0.05) is 0 Å². The highest BCUT2D eigenvalue weighted by molar-refractivity contribution is 5.91. The zero-order chi connectivity index (χ0) is 20.4. The van der Waals surface area contributed by atoms with Crippen LogP contribution in [0.4, 0.5) is 0 Å². The van der Waals surface area contributed by atoms with Crippen molar-refractivity contribution >= 4 is 5.91 Å². The van der Waals surface area contributed by atoms with Gasteiger partial charge in [0.25, 0.3) is 5.91 Å². The molecule has 2 rings (SSSR count). The van der Waals surface area contributed by atoms with E-state index >= 15 is 0 Å². The molecule has 158 valence electrons. The quantitative estimate of drug-likeness (QED) is 0.481. The summed E-state index contributed by atoms with van der Waals surface area (Å²) in [7, 11) is 0. The molecule has 0 unspecified atom stereocenters. The number of β-amino-alcohol motifs (C(OH)–C–C–N with tert-alkyl or cyclic N) is 1. The molecule has 1 saturated heterocycles. The SMILES string of the molecule is O=C(c1cnccn1)N1CCCOCCCCO[C@H]([C@H](O)CO)[C@H](O)[C@H](O)C1. The van der Waals surface area contributed by atoms with Gasteiger partial charge in [-0.05, 0) is 19.3 Å². The maximum absolute atomic E-state index is 12.7. The molecule has 10 heteroatoms. The van der Waals surface area contributed by atoms with Crippen LogP contribution in [0.1, 0.15) is 29.8 Å². The first-order chi connectivity index (χ1) is 13.5. The first-order valence-electron chi connectivity index (χ1n) is 9.44. The summed E-state index contributed by atoms with van der Waals surface area (Å²) in [5.41, 5.74) is 0.120. The average Bonchev–Trinajstić information content (AvgIpc) is 2.72. The Morgan fingerprint density at radius 3 is 2.68 bits per heavy atom. The Morgan fingerprint density at radius 1 is 1.21 bits per heavy atom. The van der Waals surface area contributed by atoms with Gasteiger partial charge in [-0.15, -0.1) is 0 Å². The third kappa shape index (κ3) is 6.73. The molecule has 4 N–H and O–H groups in total. The Labute approximate surface area is 163 Å². The lowest BCUT2D eigenvalue weighted by molar-refractivity contribution is -0.145. The summed E-state index contributed by atoms with van der Waals surface area (Å²) < 4.78 is 11.0. The molecule has 2 heterocycles. The lowest BCUT2D eigenvalue weighted by Crippen LogP contribution is -2.52. The highest BCUT2D eigenvalue weighted by Crippen LogP contribution is 2.14. The van der Waals surface area contributed by atoms with Crippen LogP contribution in [0.5, 0.6) is 0 Å². The fourth-order valence-electron chi connectivity index (χ4n) is 2.93. The number of aromatic nitrogens is 2. The number of amides is 1. The second-order valence-corrected chi connectivity index (χ2v) is 6.66. The number of nitrogens with zero attached hydrogens (tertiary/aromatic N) is 3. The molecule has 1 aliphatic rings. The molecule has 1 amide bonds. The van der Waals surface area contributed by atoms with Crippen molar-refractivity contribution in [2.45, 2.75) is 43.7 Å². The largest absolute Gasteiger partial charge is 0.394 e. The fraction of sp³-hybridized carbons (Fsp3) is 0.722. The summed E-state index contributed by atoms with van der Waals surface area (Å²) >= 11 is 0. The number of aliphatic hydroxyl groups is 4. The summed E-state index contributed by atoms with van der Waals surface area (Å²) in [6, 6.07) is 0. The Balaban J connectivity index is 2.15. The van der Waals surface area contributed by atoms with Gasteiger partial charge in [0.1, 0.15) is 30.1 Å². The number of hydrogen-bond acceptors (Lipinski definition) is 9. The minimum absolute atomic E-state index is 0.120. The van der Waals surface area contributed by atoms with Crippen LogP contribution in [0, 0.1) is 0 Å². The molecule has 28 heavy (non-hydrogen) atoms. The highest BCUT2D eigenvalue weighted by Gasteiger charge is 2.34. The molecule has 1 aromatic heterocycles. The number of rotatable bonds is 3. The van der Waals surface area contributed by atoms with E-state index in [9.17, 15) is 25.2 Å². The van der Waals surface area contributed by atoms with Crippen molar-refractivity contribution < 1.29 is 34.7 Å². The minimum Gasteiger partial charge on any atom is -0.394 e. The smallest absolute Gasteiger partial charge is 0.274 e. The van der Waals surface area contributed by atoms with Crippen molar-refractivity contribution in [1.29, 1.82) is 0 Å². The van der Waals surface area contributed by atoms with Crippen molar-refractivity contribution in [2.75, 3.05) is 39.5 Å². The van der Waals surface area contributed by atoms with Gasteiger partial charge in [-0.25, -0.2) is 4.98 Å². The first-order valence-corrected chi connectivity index (χ1v) is 9.44. The van der Waals surface area contributed by atoms with E-state index in [1.54, 1.807) is 0 Å². The molecule has 0 aromatic carbocycles. The monoisotopic (exact) mass is 399 g/mol. The molecule has 0 saturated carbocycles. The van der Waals surface area contributed by atoms with Crippen LogP contribution >= 0.6 is 0 Å². The van der Waals surface area contributed by atoms with Gasteiger partial charge in [0.05, 0.1) is 12.8 Å². The predicted octanol–water partition coefficient (Wildman–Crippen LogP) is -1.42. The molecule has 1 aromatic rings. The van der Waals surface area contributed by atoms with E-state index < -0.39 is 36.9 Å². The normalized spacial score (nSPS) is 27.0. The summed E-state index contributed by atoms with van der Waals surface area (Å²) in [4.78, 5) is 22.0. The van der Waals surface area contributed by atoms with Crippen LogP contribution in [0.2, 0.25) is 0 Å². The number of carbonyl (C=O) groups is 1. The number of aliphatic hydroxyl groups excluding tert-OH is 4.